The summed E-state index contributed by atoms with van der Waals surface area (Å²) >= 11 is 0. The Morgan fingerprint density at radius 2 is 1.94 bits per heavy atom. The maximum atomic E-state index is 9.00. The molecule has 2 rings (SSSR count). The molecule has 0 atom stereocenters. The highest BCUT2D eigenvalue weighted by Gasteiger charge is 2.23. The summed E-state index contributed by atoms with van der Waals surface area (Å²) in [5, 5.41) is 7.42. The lowest BCUT2D eigenvalue weighted by Crippen LogP contribution is -2.32. The van der Waals surface area contributed by atoms with Gasteiger partial charge in [0.1, 0.15) is 0 Å². The van der Waals surface area contributed by atoms with Gasteiger partial charge in [0.25, 0.3) is 5.97 Å². The summed E-state index contributed by atoms with van der Waals surface area (Å²) in [6, 6.07) is 0.845. The van der Waals surface area contributed by atoms with E-state index >= 15 is 0 Å². The molecule has 0 saturated heterocycles. The van der Waals surface area contributed by atoms with E-state index in [-0.39, 0.29) is 0 Å². The van der Waals surface area contributed by atoms with Crippen LogP contribution < -0.4 is 0 Å². The van der Waals surface area contributed by atoms with E-state index < -0.39 is 5.97 Å². The fraction of sp³-hybridized carbons (Fsp3) is 0.769. The van der Waals surface area contributed by atoms with Crippen LogP contribution in [-0.2, 0) is 4.79 Å². The maximum Gasteiger partial charge on any atom is 0.300 e. The Morgan fingerprint density at radius 1 is 1.35 bits per heavy atom. The van der Waals surface area contributed by atoms with Crippen molar-refractivity contribution in [2.75, 3.05) is 13.2 Å². The number of rotatable bonds is 3. The molecule has 4 heteroatoms. The zero-order chi connectivity index (χ0) is 12.7. The minimum atomic E-state index is -0.833. The first kappa shape index (κ1) is 13.9. The molecule has 0 unspecified atom stereocenters. The molecule has 0 aromatic heterocycles. The Labute approximate surface area is 104 Å². The smallest absolute Gasteiger partial charge is 0.300 e. The number of carboxylic acid groups (broad SMARTS) is 1. The summed E-state index contributed by atoms with van der Waals surface area (Å²) < 4.78 is 0. The summed E-state index contributed by atoms with van der Waals surface area (Å²) in [5.74, 6) is -0.833. The fourth-order valence-corrected chi connectivity index (χ4v) is 2.39. The summed E-state index contributed by atoms with van der Waals surface area (Å²) in [7, 11) is 0. The summed E-state index contributed by atoms with van der Waals surface area (Å²) in [5.41, 5.74) is 0. The van der Waals surface area contributed by atoms with E-state index in [1.807, 2.05) is 0 Å². The second kappa shape index (κ2) is 7.20. The topological polar surface area (TPSA) is 43.8 Å². The van der Waals surface area contributed by atoms with E-state index in [4.69, 9.17) is 9.90 Å². The molecule has 0 radical (unpaired) electrons. The Bertz CT molecular complexity index is 256. The average Bonchev–Trinajstić information content (AvgIpc) is 2.84. The molecule has 1 fully saturated rings. The highest BCUT2D eigenvalue weighted by molar-refractivity contribution is 5.62. The molecule has 2 aliphatic rings. The van der Waals surface area contributed by atoms with Crippen molar-refractivity contribution in [1.29, 1.82) is 0 Å². The van der Waals surface area contributed by atoms with E-state index in [9.17, 15) is 0 Å². The molecule has 0 bridgehead atoms. The Morgan fingerprint density at radius 3 is 2.47 bits per heavy atom. The van der Waals surface area contributed by atoms with Gasteiger partial charge in [-0.3, -0.25) is 4.79 Å². The second-order valence-corrected chi connectivity index (χ2v) is 4.72. The van der Waals surface area contributed by atoms with Crippen LogP contribution >= 0.6 is 0 Å². The quantitative estimate of drug-likeness (QED) is 0.823. The third kappa shape index (κ3) is 5.11. The van der Waals surface area contributed by atoms with Gasteiger partial charge in [-0.1, -0.05) is 19.8 Å². The zero-order valence-electron chi connectivity index (χ0n) is 10.9. The number of hydrogen-bond donors (Lipinski definition) is 1. The standard InChI is InChI=1S/C11H20N2.C2H4O2/c1-2-7-12-8-9-13(10-12)11-5-3-4-6-11;1-2(3)4/h8-9,11H,2-7,10H2,1H3;1H3,(H,3,4). The molecule has 1 N–H and O–H groups in total. The van der Waals surface area contributed by atoms with Gasteiger partial charge >= 0.3 is 0 Å². The van der Waals surface area contributed by atoms with Gasteiger partial charge in [0, 0.05) is 31.9 Å². The molecule has 0 aromatic rings. The maximum absolute atomic E-state index is 9.00. The first-order valence-corrected chi connectivity index (χ1v) is 6.51. The van der Waals surface area contributed by atoms with E-state index in [1.165, 1.54) is 38.6 Å². The lowest BCUT2D eigenvalue weighted by Gasteiger charge is -2.26. The molecule has 1 aliphatic carbocycles. The van der Waals surface area contributed by atoms with E-state index in [1.54, 1.807) is 0 Å². The van der Waals surface area contributed by atoms with Gasteiger partial charge in [0.2, 0.25) is 0 Å². The van der Waals surface area contributed by atoms with Gasteiger partial charge in [-0.05, 0) is 19.3 Å². The largest absolute Gasteiger partial charge is 0.481 e. The normalized spacial score (nSPS) is 19.4. The van der Waals surface area contributed by atoms with Crippen molar-refractivity contribution in [1.82, 2.24) is 9.80 Å². The summed E-state index contributed by atoms with van der Waals surface area (Å²) in [6.07, 6.45) is 11.5. The zero-order valence-corrected chi connectivity index (χ0v) is 10.9. The molecule has 0 amide bonds. The van der Waals surface area contributed by atoms with Crippen LogP contribution in [0, 0.1) is 0 Å². The number of aliphatic carboxylic acids is 1. The average molecular weight is 240 g/mol. The van der Waals surface area contributed by atoms with E-state index in [2.05, 4.69) is 29.1 Å². The van der Waals surface area contributed by atoms with Gasteiger partial charge in [-0.2, -0.15) is 0 Å². The number of hydrogen-bond acceptors (Lipinski definition) is 3. The van der Waals surface area contributed by atoms with E-state index in [0.29, 0.717) is 0 Å². The number of carbonyl (C=O) groups is 1. The lowest BCUT2D eigenvalue weighted by atomic mass is 10.2. The Balaban J connectivity index is 0.000000317. The molecule has 0 aromatic carbocycles. The molecular formula is C13H24N2O2. The van der Waals surface area contributed by atoms with Crippen LogP contribution in [0.5, 0.6) is 0 Å². The van der Waals surface area contributed by atoms with Crippen LogP contribution in [0.25, 0.3) is 0 Å². The van der Waals surface area contributed by atoms with Gasteiger partial charge < -0.3 is 14.9 Å². The van der Waals surface area contributed by atoms with Crippen LogP contribution in [0.4, 0.5) is 0 Å². The molecule has 17 heavy (non-hydrogen) atoms. The van der Waals surface area contributed by atoms with Gasteiger partial charge in [-0.25, -0.2) is 0 Å². The molecule has 98 valence electrons. The van der Waals surface area contributed by atoms with Crippen molar-refractivity contribution in [3.05, 3.63) is 12.4 Å². The fourth-order valence-electron chi connectivity index (χ4n) is 2.39. The van der Waals surface area contributed by atoms with Crippen molar-refractivity contribution in [2.24, 2.45) is 0 Å². The summed E-state index contributed by atoms with van der Waals surface area (Å²) in [6.45, 7) is 5.67. The number of nitrogens with zero attached hydrogens (tertiary/aromatic N) is 2. The predicted molar refractivity (Wildman–Crippen MR) is 68.4 cm³/mol. The number of carboxylic acids is 1. The molecular weight excluding hydrogens is 216 g/mol. The minimum Gasteiger partial charge on any atom is -0.481 e. The lowest BCUT2D eigenvalue weighted by molar-refractivity contribution is -0.134. The van der Waals surface area contributed by atoms with Gasteiger partial charge in [-0.15, -0.1) is 0 Å². The molecule has 1 aliphatic heterocycles. The van der Waals surface area contributed by atoms with Crippen LogP contribution in [0.15, 0.2) is 12.4 Å². The van der Waals surface area contributed by atoms with Gasteiger partial charge in [0.15, 0.2) is 0 Å². The van der Waals surface area contributed by atoms with Crippen molar-refractivity contribution < 1.29 is 9.90 Å². The van der Waals surface area contributed by atoms with Crippen LogP contribution in [0.1, 0.15) is 46.0 Å². The molecule has 1 heterocycles. The Hall–Kier alpha value is -1.19. The van der Waals surface area contributed by atoms with E-state index in [0.717, 1.165) is 19.6 Å². The molecule has 0 spiro atoms. The first-order valence-electron chi connectivity index (χ1n) is 6.51. The molecule has 4 nitrogen and oxygen atoms in total. The first-order chi connectivity index (χ1) is 8.13. The second-order valence-electron chi connectivity index (χ2n) is 4.72. The van der Waals surface area contributed by atoms with Crippen LogP contribution in [-0.4, -0.2) is 40.1 Å². The monoisotopic (exact) mass is 240 g/mol. The third-order valence-corrected chi connectivity index (χ3v) is 3.12. The van der Waals surface area contributed by atoms with Crippen molar-refractivity contribution in [3.63, 3.8) is 0 Å². The van der Waals surface area contributed by atoms with Crippen LogP contribution in [0.2, 0.25) is 0 Å². The van der Waals surface area contributed by atoms with Crippen molar-refractivity contribution >= 4 is 5.97 Å². The van der Waals surface area contributed by atoms with Crippen molar-refractivity contribution in [3.8, 4) is 0 Å². The van der Waals surface area contributed by atoms with Gasteiger partial charge in [0.05, 0.1) is 6.67 Å². The highest BCUT2D eigenvalue weighted by Crippen LogP contribution is 2.25. The molecule has 1 saturated carbocycles. The van der Waals surface area contributed by atoms with Crippen LogP contribution in [0.3, 0.4) is 0 Å². The third-order valence-electron chi connectivity index (χ3n) is 3.12. The summed E-state index contributed by atoms with van der Waals surface area (Å²) in [4.78, 5) is 13.9. The SMILES string of the molecule is CC(=O)O.CCCN1C=CN(C2CCCC2)C1. The minimum absolute atomic E-state index is 0.833. The van der Waals surface area contributed by atoms with Crippen molar-refractivity contribution in [2.45, 2.75) is 52.0 Å². The predicted octanol–water partition coefficient (Wildman–Crippen LogP) is 2.48. The highest BCUT2D eigenvalue weighted by atomic mass is 16.4. The Kier molecular flexibility index (Phi) is 5.87.